The van der Waals surface area contributed by atoms with Crippen LogP contribution < -0.4 is 82.1 Å². The summed E-state index contributed by atoms with van der Waals surface area (Å²) < 4.78 is 113. The van der Waals surface area contributed by atoms with Gasteiger partial charge in [-0.05, 0) is 56.9 Å². The van der Waals surface area contributed by atoms with Crippen molar-refractivity contribution < 1.29 is 113 Å². The van der Waals surface area contributed by atoms with E-state index in [1.807, 2.05) is 0 Å². The molecule has 53 heteroatoms. The molecule has 0 spiro atoms. The molecule has 7 aliphatic rings. The van der Waals surface area contributed by atoms with Gasteiger partial charge in [0, 0.05) is 146 Å². The van der Waals surface area contributed by atoms with E-state index in [2.05, 4.69) is 29.8 Å². The summed E-state index contributed by atoms with van der Waals surface area (Å²) in [5.74, 6) is -5.82. The highest BCUT2D eigenvalue weighted by Crippen LogP contribution is 2.36. The second-order valence-electron chi connectivity index (χ2n) is 25.9. The van der Waals surface area contributed by atoms with E-state index in [4.69, 9.17) is 107 Å². The number of aliphatic carboxylic acids is 3. The van der Waals surface area contributed by atoms with Gasteiger partial charge in [0.15, 0.2) is 5.96 Å². The molecule has 7 rings (SSSR count). The fourth-order valence-corrected chi connectivity index (χ4v) is 18.5. The number of nitrogens with one attached hydrogen (secondary N) is 5. The summed E-state index contributed by atoms with van der Waals surface area (Å²) >= 11 is 0. The predicted molar refractivity (Wildman–Crippen MR) is 361 cm³/mol. The Morgan fingerprint density at radius 3 is 1.12 bits per heavy atom. The average Bonchev–Trinajstić information content (AvgIpc) is 1.63. The molecule has 0 aromatic rings. The number of nitrogens with zero attached hydrogens (tertiary/aromatic N) is 6. The van der Waals surface area contributed by atoms with Gasteiger partial charge in [-0.15, -0.1) is 0 Å². The van der Waals surface area contributed by atoms with E-state index in [0.29, 0.717) is 64.8 Å². The van der Waals surface area contributed by atoms with Crippen LogP contribution in [0, 0.1) is 23.7 Å². The van der Waals surface area contributed by atoms with Crippen molar-refractivity contribution in [3.8, 4) is 0 Å². The first-order valence-electron chi connectivity index (χ1n) is 32.0. The second kappa shape index (κ2) is 40.0. The van der Waals surface area contributed by atoms with Crippen molar-refractivity contribution in [2.45, 2.75) is 136 Å². The van der Waals surface area contributed by atoms with Gasteiger partial charge < -0.3 is 123 Å². The zero-order chi connectivity index (χ0) is 76.1. The van der Waals surface area contributed by atoms with Gasteiger partial charge in [0.05, 0.1) is 18.6 Å². The summed E-state index contributed by atoms with van der Waals surface area (Å²) in [6.45, 7) is 1.59. The molecule has 0 aromatic heterocycles. The molecule has 7 aliphatic heterocycles. The van der Waals surface area contributed by atoms with Crippen molar-refractivity contribution in [3.05, 3.63) is 0 Å². The average molecular weight is 1520 g/mol. The Balaban J connectivity index is 0.000000342. The van der Waals surface area contributed by atoms with Gasteiger partial charge in [0.1, 0.15) is 16.6 Å². The van der Waals surface area contributed by atoms with Crippen molar-refractivity contribution in [3.63, 3.8) is 0 Å². The first-order chi connectivity index (χ1) is 46.2. The standard InChI is InChI=1S/3C12H26BN5O6S.C10H25BN6O4S.CO2/c2*14-9-4-16-5-10(9)17-25(23,24)18-6-8(2-1-3-13(21)22)12(15,7-18)11(19)20;14-9-5-17(6-10(9)15)25(23,24)18-4-8(2-1-3-13(21)22)12(16,7-18)11(19)20;12-9-7-17(6-8(9)2-1-3-11(18)19)22(20,21)16-5-4-15-10(13)14;2-1-3/h2*8-10,16-17,21-22H,1-7,14-15H2,(H,19,20);8-10,21-22H,1-7,14-16H2,(H,19,20);8-9,16,18-19H,1-7,12H2,(H4,13,14,15);/t8-,9-,10+,12-;2*8-,9-,10-,12-;8-,9-;/m0000./s1. The van der Waals surface area contributed by atoms with Crippen LogP contribution >= 0.6 is 0 Å². The zero-order valence-corrected chi connectivity index (χ0v) is 58.5. The van der Waals surface area contributed by atoms with Crippen molar-refractivity contribution >= 4 is 99.3 Å². The second-order valence-corrected chi connectivity index (χ2v) is 33.0. The first kappa shape index (κ1) is 90.3. The van der Waals surface area contributed by atoms with Gasteiger partial charge in [-0.25, -0.2) is 4.72 Å². The van der Waals surface area contributed by atoms with Gasteiger partial charge >= 0.3 is 52.5 Å². The van der Waals surface area contributed by atoms with Crippen LogP contribution in [0.3, 0.4) is 0 Å². The van der Waals surface area contributed by atoms with Crippen LogP contribution in [0.1, 0.15) is 51.4 Å². The fourth-order valence-electron chi connectivity index (χ4n) is 12.4. The van der Waals surface area contributed by atoms with Crippen LogP contribution in [0.2, 0.25) is 25.3 Å². The number of aliphatic imine (C=N–C) groups is 1. The molecule has 14 atom stereocenters. The molecule has 0 bridgehead atoms. The predicted octanol–water partition coefficient (Wildman–Crippen LogP) is -15.6. The van der Waals surface area contributed by atoms with Crippen molar-refractivity contribution in [1.29, 1.82) is 0 Å². The molecular weight excluding hydrogens is 1410 g/mol. The number of hydrogen-bond acceptors (Lipinski definition) is 32. The molecule has 0 aromatic carbocycles. The lowest BCUT2D eigenvalue weighted by molar-refractivity contribution is -0.191. The SMILES string of the molecule is NC(N)=NCCNS(=O)(=O)N1C[C@H](CCCB(O)O)[C@@H](N)C1.N[C@H]1CN(S(=O)(=O)N2C[C@H](CCCB(O)O)[C@](N)(C(=O)O)C2)C[C@@H]1N.N[C@H]1CNC[C@@H]1NS(=O)(=O)N1C[C@H](CCCB(O)O)[C@](N)(C(=O)O)C1.N[C@H]1CNC[C@H]1NS(=O)(=O)N1C[C@H](CCCB(O)O)[C@](N)(C(=O)O)C1.O=C=O. The lowest BCUT2D eigenvalue weighted by Crippen LogP contribution is -2.56. The third-order valence-corrected chi connectivity index (χ3v) is 24.9. The van der Waals surface area contributed by atoms with E-state index in [-0.39, 0.29) is 153 Å². The molecular formula is C47H103B4N21O24S4. The maximum Gasteiger partial charge on any atom is 0.451 e. The van der Waals surface area contributed by atoms with Crippen LogP contribution in [0.15, 0.2) is 4.99 Å². The normalized spacial score (nSPS) is 30.5. The third-order valence-electron chi connectivity index (χ3n) is 18.4. The highest BCUT2D eigenvalue weighted by Gasteiger charge is 2.56. The summed E-state index contributed by atoms with van der Waals surface area (Å²) in [6, 6.07) is -2.86. The number of carbonyl (C=O) groups is 3. The smallest absolute Gasteiger partial charge is 0.451 e. The van der Waals surface area contributed by atoms with E-state index in [1.165, 1.54) is 4.31 Å². The first-order valence-corrected chi connectivity index (χ1v) is 37.8. The van der Waals surface area contributed by atoms with Gasteiger partial charge in [0.25, 0.3) is 40.8 Å². The molecule has 0 saturated carbocycles. The minimum atomic E-state index is -3.93. The lowest BCUT2D eigenvalue weighted by atomic mass is 9.78. The Morgan fingerprint density at radius 2 is 0.800 bits per heavy atom. The monoisotopic (exact) mass is 1520 g/mol. The number of hydrogen-bond donors (Lipinski definition) is 26. The van der Waals surface area contributed by atoms with Crippen LogP contribution in [0.5, 0.6) is 0 Å². The van der Waals surface area contributed by atoms with E-state index in [1.54, 1.807) is 0 Å². The van der Waals surface area contributed by atoms with Gasteiger partial charge in [0.2, 0.25) is 0 Å². The maximum atomic E-state index is 12.8. The Bertz CT molecular complexity index is 3040. The number of nitrogens with two attached hydrogens (primary N) is 10. The Kier molecular flexibility index (Phi) is 36.1. The van der Waals surface area contributed by atoms with E-state index >= 15 is 0 Å². The summed E-state index contributed by atoms with van der Waals surface area (Å²) in [5.41, 5.74) is 52.3. The number of rotatable bonds is 32. The van der Waals surface area contributed by atoms with Crippen molar-refractivity contribution in [2.75, 3.05) is 105 Å². The molecule has 45 nitrogen and oxygen atoms in total. The van der Waals surface area contributed by atoms with Gasteiger partial charge in [-0.2, -0.15) is 74.2 Å². The topological polar surface area (TPSA) is 793 Å². The number of carbonyl (C=O) groups excluding carboxylic acids is 2. The molecule has 0 amide bonds. The molecule has 0 unspecified atom stereocenters. The molecule has 7 heterocycles. The van der Waals surface area contributed by atoms with Crippen molar-refractivity contribution in [2.24, 2.45) is 86.0 Å². The largest absolute Gasteiger partial charge is 0.480 e. The fraction of sp³-hybridized carbons (Fsp3) is 0.894. The molecule has 0 aliphatic carbocycles. The van der Waals surface area contributed by atoms with Crippen molar-refractivity contribution in [1.82, 2.24) is 46.3 Å². The minimum absolute atomic E-state index is 0.00744. The molecule has 7 saturated heterocycles. The molecule has 576 valence electrons. The molecule has 7 fully saturated rings. The molecule has 36 N–H and O–H groups in total. The number of carboxylic acids is 3. The Hall–Kier alpha value is -3.92. The van der Waals surface area contributed by atoms with E-state index in [9.17, 15) is 63.4 Å². The number of carboxylic acid groups (broad SMARTS) is 3. The highest BCUT2D eigenvalue weighted by atomic mass is 32.2. The minimum Gasteiger partial charge on any atom is -0.480 e. The van der Waals surface area contributed by atoms with Crippen LogP contribution in [0.4, 0.5) is 0 Å². The van der Waals surface area contributed by atoms with E-state index in [0.717, 1.165) is 17.2 Å². The summed E-state index contributed by atoms with van der Waals surface area (Å²) in [4.78, 5) is 54.8. The highest BCUT2D eigenvalue weighted by molar-refractivity contribution is 7.87. The zero-order valence-electron chi connectivity index (χ0n) is 55.3. The lowest BCUT2D eigenvalue weighted by Gasteiger charge is -2.26. The Labute approximate surface area is 582 Å². The quantitative estimate of drug-likeness (QED) is 0.0129. The maximum absolute atomic E-state index is 12.8. The van der Waals surface area contributed by atoms with Crippen LogP contribution in [0.25, 0.3) is 0 Å². The number of guanidine groups is 1. The van der Waals surface area contributed by atoms with Gasteiger partial charge in [-0.3, -0.25) is 19.4 Å². The third kappa shape index (κ3) is 26.6. The summed E-state index contributed by atoms with van der Waals surface area (Å²) in [7, 11) is -21.2. The van der Waals surface area contributed by atoms with Crippen LogP contribution in [-0.2, 0) is 64.8 Å². The molecule has 100 heavy (non-hydrogen) atoms. The molecule has 0 radical (unpaired) electrons. The summed E-state index contributed by atoms with van der Waals surface area (Å²) in [6.07, 6.45) is 3.74. The Morgan fingerprint density at radius 1 is 0.470 bits per heavy atom. The van der Waals surface area contributed by atoms with Gasteiger partial charge in [-0.1, -0.05) is 25.7 Å². The summed E-state index contributed by atoms with van der Waals surface area (Å²) in [5, 5.41) is 105. The van der Waals surface area contributed by atoms with Crippen LogP contribution in [-0.4, -0.2) is 333 Å². The van der Waals surface area contributed by atoms with E-state index < -0.39 is 146 Å².